The Morgan fingerprint density at radius 2 is 1.81 bits per heavy atom. The van der Waals surface area contributed by atoms with Crippen LogP contribution in [0.3, 0.4) is 0 Å². The van der Waals surface area contributed by atoms with Crippen LogP contribution in [0.25, 0.3) is 0 Å². The van der Waals surface area contributed by atoms with E-state index in [1.54, 1.807) is 6.92 Å². The van der Waals surface area contributed by atoms with Gasteiger partial charge in [-0.15, -0.1) is 0 Å². The molecule has 0 bridgehead atoms. The number of carboxylic acid groups (broad SMARTS) is 2. The molecule has 0 fully saturated rings. The predicted octanol–water partition coefficient (Wildman–Crippen LogP) is 0.0850. The van der Waals surface area contributed by atoms with Crippen LogP contribution in [0, 0.1) is 0 Å². The summed E-state index contributed by atoms with van der Waals surface area (Å²) >= 11 is 4.07. The van der Waals surface area contributed by atoms with E-state index in [9.17, 15) is 19.2 Å². The predicted molar refractivity (Wildman–Crippen MR) is 99.0 cm³/mol. The highest BCUT2D eigenvalue weighted by Crippen LogP contribution is 2.11. The number of rotatable bonds is 13. The van der Waals surface area contributed by atoms with Gasteiger partial charge in [-0.05, 0) is 19.8 Å². The van der Waals surface area contributed by atoms with E-state index in [1.807, 2.05) is 6.92 Å². The molecule has 10 heteroatoms. The van der Waals surface area contributed by atoms with Gasteiger partial charge in [0.25, 0.3) is 0 Å². The molecule has 5 N–H and O–H groups in total. The topological polar surface area (TPSA) is 150 Å². The maximum Gasteiger partial charge on any atom is 0.323 e. The number of carbonyl (C=O) groups is 4. The zero-order chi connectivity index (χ0) is 20.3. The van der Waals surface area contributed by atoms with Gasteiger partial charge in [0.2, 0.25) is 11.8 Å². The van der Waals surface area contributed by atoms with Crippen LogP contribution >= 0.6 is 12.6 Å². The van der Waals surface area contributed by atoms with Gasteiger partial charge in [-0.3, -0.25) is 19.2 Å². The smallest absolute Gasteiger partial charge is 0.323 e. The van der Waals surface area contributed by atoms with Crippen LogP contribution in [0.4, 0.5) is 0 Å². The molecule has 0 saturated carbocycles. The number of hydrogen-bond donors (Lipinski definition) is 5. The first-order valence-electron chi connectivity index (χ1n) is 8.54. The highest BCUT2D eigenvalue weighted by Gasteiger charge is 2.29. The largest absolute Gasteiger partial charge is 0.480 e. The van der Waals surface area contributed by atoms with E-state index < -0.39 is 42.4 Å². The summed E-state index contributed by atoms with van der Waals surface area (Å²) in [5.74, 6) is -3.42. The number of hydrogen-bond acceptors (Lipinski definition) is 6. The third-order valence-corrected chi connectivity index (χ3v) is 4.28. The minimum absolute atomic E-state index is 0.00776. The lowest BCUT2D eigenvalue weighted by atomic mass is 10.1. The highest BCUT2D eigenvalue weighted by atomic mass is 32.1. The first kappa shape index (κ1) is 24.2. The molecule has 2 amide bonds. The van der Waals surface area contributed by atoms with E-state index in [1.165, 1.54) is 4.90 Å². The number of thiol groups is 1. The fraction of sp³-hybridized carbons (Fsp3) is 0.750. The summed E-state index contributed by atoms with van der Waals surface area (Å²) in [6.45, 7) is 3.29. The first-order valence-corrected chi connectivity index (χ1v) is 9.18. The lowest BCUT2D eigenvalue weighted by molar-refractivity contribution is -0.147. The number of amides is 2. The Bertz CT molecular complexity index is 502. The molecule has 0 radical (unpaired) electrons. The van der Waals surface area contributed by atoms with Crippen molar-refractivity contribution in [3.63, 3.8) is 0 Å². The van der Waals surface area contributed by atoms with Crippen molar-refractivity contribution < 1.29 is 29.4 Å². The van der Waals surface area contributed by atoms with Crippen LogP contribution in [-0.4, -0.2) is 69.3 Å². The number of nitrogens with zero attached hydrogens (tertiary/aromatic N) is 1. The third kappa shape index (κ3) is 9.04. The van der Waals surface area contributed by atoms with Crippen molar-refractivity contribution in [3.8, 4) is 0 Å². The van der Waals surface area contributed by atoms with E-state index in [0.717, 1.165) is 12.8 Å². The Labute approximate surface area is 158 Å². The van der Waals surface area contributed by atoms with Gasteiger partial charge in [-0.1, -0.05) is 19.8 Å². The van der Waals surface area contributed by atoms with Crippen molar-refractivity contribution in [3.05, 3.63) is 0 Å². The number of carboxylic acids is 2. The van der Waals surface area contributed by atoms with E-state index in [4.69, 9.17) is 15.9 Å². The Morgan fingerprint density at radius 1 is 1.19 bits per heavy atom. The Morgan fingerprint density at radius 3 is 2.27 bits per heavy atom. The van der Waals surface area contributed by atoms with Crippen LogP contribution in [0.1, 0.15) is 46.0 Å². The average molecular weight is 391 g/mol. The van der Waals surface area contributed by atoms with Crippen molar-refractivity contribution in [1.82, 2.24) is 10.2 Å². The number of aliphatic carboxylic acids is 2. The minimum atomic E-state index is -1.21. The molecule has 0 aromatic heterocycles. The van der Waals surface area contributed by atoms with E-state index in [0.29, 0.717) is 6.42 Å². The summed E-state index contributed by atoms with van der Waals surface area (Å²) in [5.41, 5.74) is 5.34. The van der Waals surface area contributed by atoms with Crippen LogP contribution in [0.5, 0.6) is 0 Å². The second-order valence-corrected chi connectivity index (χ2v) is 6.50. The summed E-state index contributed by atoms with van der Waals surface area (Å²) in [6, 6.07) is -2.45. The zero-order valence-corrected chi connectivity index (χ0v) is 16.1. The number of nitrogens with two attached hydrogens (primary N) is 1. The van der Waals surface area contributed by atoms with Crippen molar-refractivity contribution in [2.75, 3.05) is 12.3 Å². The zero-order valence-electron chi connectivity index (χ0n) is 15.2. The van der Waals surface area contributed by atoms with Gasteiger partial charge in [0.05, 0.1) is 0 Å². The molecule has 0 heterocycles. The first-order chi connectivity index (χ1) is 12.1. The van der Waals surface area contributed by atoms with Crippen molar-refractivity contribution in [2.24, 2.45) is 5.73 Å². The molecule has 0 aliphatic rings. The molecule has 9 nitrogen and oxygen atoms in total. The molecular weight excluding hydrogens is 362 g/mol. The second-order valence-electron chi connectivity index (χ2n) is 6.14. The lowest BCUT2D eigenvalue weighted by Gasteiger charge is -2.31. The summed E-state index contributed by atoms with van der Waals surface area (Å²) in [4.78, 5) is 47.6. The van der Waals surface area contributed by atoms with Crippen molar-refractivity contribution in [2.45, 2.75) is 64.1 Å². The summed E-state index contributed by atoms with van der Waals surface area (Å²) in [7, 11) is 0. The summed E-state index contributed by atoms with van der Waals surface area (Å²) in [6.07, 6.45) is 2.18. The quantitative estimate of drug-likeness (QED) is 0.279. The second kappa shape index (κ2) is 12.5. The van der Waals surface area contributed by atoms with Gasteiger partial charge in [0, 0.05) is 18.2 Å². The number of unbranched alkanes of at least 4 members (excludes halogenated alkanes) is 1. The van der Waals surface area contributed by atoms with Gasteiger partial charge in [0.1, 0.15) is 18.6 Å². The fourth-order valence-corrected chi connectivity index (χ4v) is 2.56. The fourth-order valence-electron chi connectivity index (χ4n) is 2.31. The van der Waals surface area contributed by atoms with Crippen LogP contribution < -0.4 is 11.1 Å². The Hall–Kier alpha value is -1.81. The molecular formula is C16H29N3O6S. The van der Waals surface area contributed by atoms with Gasteiger partial charge < -0.3 is 26.2 Å². The molecule has 0 aromatic rings. The third-order valence-electron chi connectivity index (χ3n) is 3.91. The molecule has 0 aliphatic carbocycles. The van der Waals surface area contributed by atoms with Gasteiger partial charge in [0.15, 0.2) is 0 Å². The molecule has 0 spiro atoms. The van der Waals surface area contributed by atoms with Crippen LogP contribution in [-0.2, 0) is 19.2 Å². The number of carbonyl (C=O) groups excluding carboxylic acids is 2. The van der Waals surface area contributed by atoms with E-state index >= 15 is 0 Å². The lowest BCUT2D eigenvalue weighted by Crippen LogP contribution is -2.53. The molecule has 150 valence electrons. The van der Waals surface area contributed by atoms with Crippen LogP contribution in [0.15, 0.2) is 0 Å². The molecule has 0 aromatic carbocycles. The highest BCUT2D eigenvalue weighted by molar-refractivity contribution is 7.80. The Balaban J connectivity index is 4.93. The maximum absolute atomic E-state index is 12.7. The molecule has 0 rings (SSSR count). The Kier molecular flexibility index (Phi) is 11.7. The molecule has 3 unspecified atom stereocenters. The van der Waals surface area contributed by atoms with Crippen LogP contribution in [0.2, 0.25) is 0 Å². The molecule has 0 aliphatic heterocycles. The summed E-state index contributed by atoms with van der Waals surface area (Å²) in [5, 5.41) is 20.3. The molecule has 26 heavy (non-hydrogen) atoms. The molecule has 0 saturated heterocycles. The standard InChI is InChI=1S/C16H29N3O6S/c1-3-4-5-10(2)19(8-14(21)22)15(23)12(9-26)18-13(20)7-6-11(17)16(24)25/h10-12,26H,3-9,17H2,1-2H3,(H,18,20)(H,21,22)(H,24,25). The maximum atomic E-state index is 12.7. The van der Waals surface area contributed by atoms with Gasteiger partial charge >= 0.3 is 11.9 Å². The minimum Gasteiger partial charge on any atom is -0.480 e. The number of nitrogens with one attached hydrogen (secondary N) is 1. The van der Waals surface area contributed by atoms with E-state index in [2.05, 4.69) is 17.9 Å². The van der Waals surface area contributed by atoms with Crippen molar-refractivity contribution >= 4 is 36.4 Å². The monoisotopic (exact) mass is 391 g/mol. The van der Waals surface area contributed by atoms with Gasteiger partial charge in [-0.2, -0.15) is 12.6 Å². The van der Waals surface area contributed by atoms with Gasteiger partial charge in [-0.25, -0.2) is 0 Å². The van der Waals surface area contributed by atoms with Crippen molar-refractivity contribution in [1.29, 1.82) is 0 Å². The normalized spacial score (nSPS) is 14.2. The average Bonchev–Trinajstić information content (AvgIpc) is 2.59. The van der Waals surface area contributed by atoms with E-state index in [-0.39, 0.29) is 24.6 Å². The molecule has 3 atom stereocenters. The summed E-state index contributed by atoms with van der Waals surface area (Å²) < 4.78 is 0. The SMILES string of the molecule is CCCCC(C)N(CC(=O)O)C(=O)C(CS)NC(=O)CCC(N)C(=O)O.